The lowest BCUT2D eigenvalue weighted by Gasteiger charge is -2.17. The minimum atomic E-state index is -0.972. The van der Waals surface area contributed by atoms with Crippen LogP contribution in [0.15, 0.2) is 12.7 Å². The van der Waals surface area contributed by atoms with Crippen LogP contribution < -0.4 is 11.1 Å². The average Bonchev–Trinajstić information content (AvgIpc) is 3.38. The Morgan fingerprint density at radius 2 is 2.21 bits per heavy atom. The number of imidazole rings is 1. The van der Waals surface area contributed by atoms with Crippen LogP contribution in [0.1, 0.15) is 25.5 Å². The van der Waals surface area contributed by atoms with Gasteiger partial charge in [-0.25, -0.2) is 15.0 Å². The van der Waals surface area contributed by atoms with Crippen LogP contribution >= 0.6 is 0 Å². The fraction of sp³-hybridized carbons (Fsp3) is 0.647. The molecule has 2 aromatic heterocycles. The van der Waals surface area contributed by atoms with Crippen LogP contribution in [0.2, 0.25) is 0 Å². The molecule has 2 aliphatic rings. The Bertz CT molecular complexity index is 844. The Kier molecular flexibility index (Phi) is 5.40. The number of ether oxygens (including phenoxy) is 1. The van der Waals surface area contributed by atoms with Crippen LogP contribution in [-0.4, -0.2) is 85.0 Å². The fourth-order valence-electron chi connectivity index (χ4n) is 3.75. The molecule has 11 nitrogen and oxygen atoms in total. The summed E-state index contributed by atoms with van der Waals surface area (Å²) in [7, 11) is 0. The van der Waals surface area contributed by atoms with E-state index >= 15 is 0 Å². The standard InChI is InChI=1S/C17H25N7O4/c18-12-14(27)10(7-25)28-17(12)24-9-22-13-15(20-8-21-16(13)24)19-4-2-6-23-5-1-3-11(23)26/h8-10,12,14,17,25,27H,1-7,18H2,(H,19,20,21)/t10-,12-,14-,17-/m1/s1. The zero-order valence-corrected chi connectivity index (χ0v) is 15.4. The van der Waals surface area contributed by atoms with Gasteiger partial charge in [0, 0.05) is 26.1 Å². The number of carbonyl (C=O) groups excluding carboxylic acids is 1. The number of amides is 1. The second-order valence-corrected chi connectivity index (χ2v) is 7.13. The highest BCUT2D eigenvalue weighted by molar-refractivity contribution is 5.82. The first-order valence-electron chi connectivity index (χ1n) is 9.49. The van der Waals surface area contributed by atoms with Gasteiger partial charge in [-0.15, -0.1) is 0 Å². The third-order valence-corrected chi connectivity index (χ3v) is 5.30. The Hall–Kier alpha value is -2.34. The molecule has 0 radical (unpaired) electrons. The molecule has 4 heterocycles. The molecule has 2 aromatic rings. The zero-order valence-electron chi connectivity index (χ0n) is 15.4. The van der Waals surface area contributed by atoms with Crippen molar-refractivity contribution in [3.8, 4) is 0 Å². The molecule has 4 rings (SSSR count). The molecule has 5 N–H and O–H groups in total. The summed E-state index contributed by atoms with van der Waals surface area (Å²) < 4.78 is 7.32. The van der Waals surface area contributed by atoms with E-state index in [4.69, 9.17) is 10.5 Å². The van der Waals surface area contributed by atoms with Crippen molar-refractivity contribution in [3.63, 3.8) is 0 Å². The van der Waals surface area contributed by atoms with Gasteiger partial charge in [-0.05, 0) is 12.8 Å². The summed E-state index contributed by atoms with van der Waals surface area (Å²) in [6.07, 6.45) is 2.96. The highest BCUT2D eigenvalue weighted by Crippen LogP contribution is 2.30. The SMILES string of the molecule is N[C@@H]1[C@H](O)[C@@H](CO)O[C@H]1n1cnc2c(NCCCN3CCCC3=O)ncnc21. The van der Waals surface area contributed by atoms with Gasteiger partial charge in [0.15, 0.2) is 23.2 Å². The summed E-state index contributed by atoms with van der Waals surface area (Å²) in [5, 5.41) is 22.6. The molecule has 11 heteroatoms. The number of nitrogens with zero attached hydrogens (tertiary/aromatic N) is 5. The number of likely N-dealkylation sites (tertiary alicyclic amines) is 1. The molecule has 2 fully saturated rings. The number of aliphatic hydroxyl groups excluding tert-OH is 2. The summed E-state index contributed by atoms with van der Waals surface area (Å²) in [5.74, 6) is 0.807. The zero-order chi connectivity index (χ0) is 19.7. The van der Waals surface area contributed by atoms with E-state index in [1.165, 1.54) is 6.33 Å². The number of hydrogen-bond acceptors (Lipinski definition) is 9. The lowest BCUT2D eigenvalue weighted by molar-refractivity contribution is -0.127. The Morgan fingerprint density at radius 3 is 2.93 bits per heavy atom. The number of nitrogens with one attached hydrogen (secondary N) is 1. The third-order valence-electron chi connectivity index (χ3n) is 5.30. The van der Waals surface area contributed by atoms with Crippen molar-refractivity contribution in [1.82, 2.24) is 24.4 Å². The third kappa shape index (κ3) is 3.41. The highest BCUT2D eigenvalue weighted by atomic mass is 16.5. The second-order valence-electron chi connectivity index (χ2n) is 7.13. The number of nitrogens with two attached hydrogens (primary N) is 1. The van der Waals surface area contributed by atoms with Gasteiger partial charge >= 0.3 is 0 Å². The molecule has 0 aromatic carbocycles. The molecule has 0 unspecified atom stereocenters. The number of aliphatic hydroxyl groups is 2. The van der Waals surface area contributed by atoms with Crippen molar-refractivity contribution >= 4 is 22.9 Å². The van der Waals surface area contributed by atoms with E-state index in [-0.39, 0.29) is 12.5 Å². The monoisotopic (exact) mass is 391 g/mol. The normalized spacial score (nSPS) is 27.8. The van der Waals surface area contributed by atoms with Gasteiger partial charge in [0.05, 0.1) is 19.0 Å². The summed E-state index contributed by atoms with van der Waals surface area (Å²) in [6.45, 7) is 1.88. The molecule has 152 valence electrons. The van der Waals surface area contributed by atoms with E-state index in [1.807, 2.05) is 4.90 Å². The molecule has 1 amide bonds. The minimum absolute atomic E-state index is 0.222. The summed E-state index contributed by atoms with van der Waals surface area (Å²) in [5.41, 5.74) is 7.15. The lowest BCUT2D eigenvalue weighted by atomic mass is 10.1. The van der Waals surface area contributed by atoms with Crippen LogP contribution in [-0.2, 0) is 9.53 Å². The van der Waals surface area contributed by atoms with Gasteiger partial charge in [0.2, 0.25) is 5.91 Å². The van der Waals surface area contributed by atoms with E-state index in [1.54, 1.807) is 10.9 Å². The van der Waals surface area contributed by atoms with Crippen LogP contribution in [0.3, 0.4) is 0 Å². The van der Waals surface area contributed by atoms with E-state index in [9.17, 15) is 15.0 Å². The number of aromatic nitrogens is 4. The number of carbonyl (C=O) groups is 1. The summed E-state index contributed by atoms with van der Waals surface area (Å²) in [6, 6.07) is -0.709. The topological polar surface area (TPSA) is 152 Å². The van der Waals surface area contributed by atoms with E-state index in [2.05, 4.69) is 20.3 Å². The van der Waals surface area contributed by atoms with Gasteiger partial charge in [-0.1, -0.05) is 0 Å². The molecule has 2 saturated heterocycles. The number of anilines is 1. The van der Waals surface area contributed by atoms with Gasteiger partial charge < -0.3 is 30.9 Å². The van der Waals surface area contributed by atoms with Gasteiger partial charge in [-0.2, -0.15) is 0 Å². The Labute approximate surface area is 161 Å². The first kappa shape index (κ1) is 19.0. The van der Waals surface area contributed by atoms with Gasteiger partial charge in [-0.3, -0.25) is 9.36 Å². The maximum absolute atomic E-state index is 11.7. The van der Waals surface area contributed by atoms with E-state index < -0.39 is 24.5 Å². The minimum Gasteiger partial charge on any atom is -0.394 e. The largest absolute Gasteiger partial charge is 0.394 e. The maximum atomic E-state index is 11.7. The molecule has 4 atom stereocenters. The molecule has 0 aliphatic carbocycles. The first-order valence-corrected chi connectivity index (χ1v) is 9.49. The Morgan fingerprint density at radius 1 is 1.36 bits per heavy atom. The highest BCUT2D eigenvalue weighted by Gasteiger charge is 2.42. The second kappa shape index (κ2) is 7.95. The first-order chi connectivity index (χ1) is 13.6. The smallest absolute Gasteiger partial charge is 0.222 e. The van der Waals surface area contributed by atoms with Crippen molar-refractivity contribution < 1.29 is 19.7 Å². The molecule has 28 heavy (non-hydrogen) atoms. The summed E-state index contributed by atoms with van der Waals surface area (Å²) >= 11 is 0. The van der Waals surface area contributed by atoms with E-state index in [0.717, 1.165) is 25.9 Å². The van der Waals surface area contributed by atoms with Crippen molar-refractivity contribution in [1.29, 1.82) is 0 Å². The van der Waals surface area contributed by atoms with Crippen molar-refractivity contribution in [2.24, 2.45) is 5.73 Å². The number of rotatable bonds is 7. The van der Waals surface area contributed by atoms with E-state index in [0.29, 0.717) is 29.9 Å². The number of fused-ring (bicyclic) bond motifs is 1. The summed E-state index contributed by atoms with van der Waals surface area (Å²) in [4.78, 5) is 26.4. The molecule has 0 bridgehead atoms. The van der Waals surface area contributed by atoms with Crippen molar-refractivity contribution in [2.75, 3.05) is 31.6 Å². The van der Waals surface area contributed by atoms with Crippen molar-refractivity contribution in [2.45, 2.75) is 43.7 Å². The predicted molar refractivity (Wildman–Crippen MR) is 99.2 cm³/mol. The predicted octanol–water partition coefficient (Wildman–Crippen LogP) is -1.17. The molecular formula is C17H25N7O4. The molecular weight excluding hydrogens is 366 g/mol. The molecule has 0 spiro atoms. The van der Waals surface area contributed by atoms with Crippen LogP contribution in [0, 0.1) is 0 Å². The van der Waals surface area contributed by atoms with Crippen LogP contribution in [0.5, 0.6) is 0 Å². The van der Waals surface area contributed by atoms with Crippen LogP contribution in [0.4, 0.5) is 5.82 Å². The van der Waals surface area contributed by atoms with Gasteiger partial charge in [0.25, 0.3) is 0 Å². The Balaban J connectivity index is 1.44. The molecule has 2 aliphatic heterocycles. The maximum Gasteiger partial charge on any atom is 0.222 e. The van der Waals surface area contributed by atoms with Gasteiger partial charge in [0.1, 0.15) is 18.5 Å². The average molecular weight is 391 g/mol. The fourth-order valence-corrected chi connectivity index (χ4v) is 3.75. The van der Waals surface area contributed by atoms with Crippen molar-refractivity contribution in [3.05, 3.63) is 12.7 Å². The van der Waals surface area contributed by atoms with Crippen LogP contribution in [0.25, 0.3) is 11.2 Å². The number of hydrogen-bond donors (Lipinski definition) is 4. The molecule has 0 saturated carbocycles. The lowest BCUT2D eigenvalue weighted by Crippen LogP contribution is -2.39. The quantitative estimate of drug-likeness (QED) is 0.428.